The number of hydrogen-bond donors (Lipinski definition) is 2. The molecule has 3 nitrogen and oxygen atoms in total. The first-order valence-electron chi connectivity index (χ1n) is 6.99. The fraction of sp³-hybridized carbons (Fsp3) is 0.235. The van der Waals surface area contributed by atoms with Crippen LogP contribution in [0.5, 0.6) is 0 Å². The van der Waals surface area contributed by atoms with Crippen LogP contribution in [0.3, 0.4) is 0 Å². The molecule has 0 radical (unpaired) electrons. The zero-order chi connectivity index (χ0) is 15.0. The number of amides is 1. The summed E-state index contributed by atoms with van der Waals surface area (Å²) in [6.07, 6.45) is -0.0396. The molecule has 0 saturated carbocycles. The van der Waals surface area contributed by atoms with E-state index in [0.29, 0.717) is 22.7 Å². The Morgan fingerprint density at radius 1 is 1.24 bits per heavy atom. The molecule has 0 aromatic heterocycles. The highest BCUT2D eigenvalue weighted by molar-refractivity contribution is 6.34. The van der Waals surface area contributed by atoms with Gasteiger partial charge in [0.05, 0.1) is 16.6 Å². The second kappa shape index (κ2) is 5.51. The molecule has 1 aliphatic heterocycles. The summed E-state index contributed by atoms with van der Waals surface area (Å²) in [6, 6.07) is 13.0. The van der Waals surface area contributed by atoms with Gasteiger partial charge < -0.3 is 10.4 Å². The maximum Gasteiger partial charge on any atom is 0.232 e. The number of fused-ring (bicyclic) bond motifs is 1. The van der Waals surface area contributed by atoms with Gasteiger partial charge in [-0.1, -0.05) is 48.9 Å². The zero-order valence-electron chi connectivity index (χ0n) is 11.6. The van der Waals surface area contributed by atoms with E-state index in [1.807, 2.05) is 43.3 Å². The number of halogens is 1. The van der Waals surface area contributed by atoms with Gasteiger partial charge in [-0.2, -0.15) is 0 Å². The standard InChI is InChI=1S/C17H16ClNO2/c1-2-12-13-8-11(9-14(18)15(13)19-17(12)21)16(20)10-6-4-3-5-7-10/h3-9,12,16,20H,2H2,1H3,(H,19,21). The van der Waals surface area contributed by atoms with Crippen LogP contribution in [0.4, 0.5) is 5.69 Å². The van der Waals surface area contributed by atoms with Crippen molar-refractivity contribution in [2.75, 3.05) is 5.32 Å². The Bertz CT molecular complexity index is 685. The normalized spacial score (nSPS) is 18.2. The lowest BCUT2D eigenvalue weighted by Crippen LogP contribution is -2.10. The number of rotatable bonds is 3. The fourth-order valence-corrected chi connectivity index (χ4v) is 3.08. The number of benzene rings is 2. The summed E-state index contributed by atoms with van der Waals surface area (Å²) in [6.45, 7) is 1.97. The molecule has 0 bridgehead atoms. The van der Waals surface area contributed by atoms with Gasteiger partial charge in [0.2, 0.25) is 5.91 Å². The topological polar surface area (TPSA) is 49.3 Å². The van der Waals surface area contributed by atoms with E-state index in [9.17, 15) is 9.90 Å². The van der Waals surface area contributed by atoms with Crippen molar-refractivity contribution in [2.45, 2.75) is 25.4 Å². The van der Waals surface area contributed by atoms with Crippen LogP contribution in [-0.2, 0) is 4.79 Å². The van der Waals surface area contributed by atoms with E-state index in [1.165, 1.54) is 0 Å². The van der Waals surface area contributed by atoms with Gasteiger partial charge in [0.1, 0.15) is 6.10 Å². The molecule has 0 fully saturated rings. The summed E-state index contributed by atoms with van der Waals surface area (Å²) in [5, 5.41) is 13.8. The van der Waals surface area contributed by atoms with Crippen LogP contribution in [0.25, 0.3) is 0 Å². The number of carbonyl (C=O) groups excluding carboxylic acids is 1. The summed E-state index contributed by atoms with van der Waals surface area (Å²) in [4.78, 5) is 11.9. The van der Waals surface area contributed by atoms with Crippen molar-refractivity contribution in [1.29, 1.82) is 0 Å². The van der Waals surface area contributed by atoms with E-state index >= 15 is 0 Å². The van der Waals surface area contributed by atoms with Crippen molar-refractivity contribution in [1.82, 2.24) is 0 Å². The van der Waals surface area contributed by atoms with E-state index in [0.717, 1.165) is 11.1 Å². The molecule has 3 rings (SSSR count). The second-order valence-corrected chi connectivity index (χ2v) is 5.64. The van der Waals surface area contributed by atoms with Crippen LogP contribution in [0, 0.1) is 0 Å². The van der Waals surface area contributed by atoms with Crippen LogP contribution in [0.15, 0.2) is 42.5 Å². The molecule has 0 saturated heterocycles. The van der Waals surface area contributed by atoms with Crippen LogP contribution < -0.4 is 5.32 Å². The first-order chi connectivity index (χ1) is 10.1. The van der Waals surface area contributed by atoms with Crippen molar-refractivity contribution in [3.05, 3.63) is 64.2 Å². The zero-order valence-corrected chi connectivity index (χ0v) is 12.4. The minimum absolute atomic E-state index is 0.0271. The van der Waals surface area contributed by atoms with Gasteiger partial charge in [0, 0.05) is 0 Å². The Morgan fingerprint density at radius 2 is 1.95 bits per heavy atom. The summed E-state index contributed by atoms with van der Waals surface area (Å²) in [5.74, 6) is -0.221. The first kappa shape index (κ1) is 14.1. The Hall–Kier alpha value is -1.84. The SMILES string of the molecule is CCC1C(=O)Nc2c(Cl)cc(C(O)c3ccccc3)cc21. The largest absolute Gasteiger partial charge is 0.384 e. The molecule has 0 spiro atoms. The predicted octanol–water partition coefficient (Wildman–Crippen LogP) is 3.87. The quantitative estimate of drug-likeness (QED) is 0.904. The lowest BCUT2D eigenvalue weighted by molar-refractivity contribution is -0.117. The number of nitrogens with one attached hydrogen (secondary N) is 1. The minimum atomic E-state index is -0.748. The Morgan fingerprint density at radius 3 is 2.62 bits per heavy atom. The monoisotopic (exact) mass is 301 g/mol. The van der Waals surface area contributed by atoms with Crippen LogP contribution in [-0.4, -0.2) is 11.0 Å². The van der Waals surface area contributed by atoms with Gasteiger partial charge in [-0.05, 0) is 35.2 Å². The van der Waals surface area contributed by atoms with Crippen molar-refractivity contribution in [2.24, 2.45) is 0 Å². The molecule has 21 heavy (non-hydrogen) atoms. The summed E-state index contributed by atoms with van der Waals surface area (Å²) in [7, 11) is 0. The Labute approximate surface area is 128 Å². The van der Waals surface area contributed by atoms with E-state index in [1.54, 1.807) is 6.07 Å². The van der Waals surface area contributed by atoms with Crippen molar-refractivity contribution >= 4 is 23.2 Å². The predicted molar refractivity (Wildman–Crippen MR) is 83.6 cm³/mol. The molecular weight excluding hydrogens is 286 g/mol. The molecule has 2 aromatic carbocycles. The molecule has 0 aliphatic carbocycles. The molecule has 1 amide bonds. The van der Waals surface area contributed by atoms with Gasteiger partial charge in [0.25, 0.3) is 0 Å². The highest BCUT2D eigenvalue weighted by atomic mass is 35.5. The third-order valence-corrected chi connectivity index (χ3v) is 4.22. The molecule has 1 heterocycles. The van der Waals surface area contributed by atoms with Gasteiger partial charge in [-0.3, -0.25) is 4.79 Å². The van der Waals surface area contributed by atoms with Crippen LogP contribution in [0.2, 0.25) is 5.02 Å². The highest BCUT2D eigenvalue weighted by Gasteiger charge is 2.31. The molecule has 108 valence electrons. The first-order valence-corrected chi connectivity index (χ1v) is 7.36. The summed E-state index contributed by atoms with van der Waals surface area (Å²) < 4.78 is 0. The average Bonchev–Trinajstić information content (AvgIpc) is 2.83. The van der Waals surface area contributed by atoms with E-state index in [2.05, 4.69) is 5.32 Å². The number of aliphatic hydroxyl groups excluding tert-OH is 1. The smallest absolute Gasteiger partial charge is 0.232 e. The summed E-state index contributed by atoms with van der Waals surface area (Å²) in [5.41, 5.74) is 3.07. The fourth-order valence-electron chi connectivity index (χ4n) is 2.80. The molecule has 2 atom stereocenters. The van der Waals surface area contributed by atoms with Gasteiger partial charge in [-0.25, -0.2) is 0 Å². The molecule has 4 heteroatoms. The van der Waals surface area contributed by atoms with Crippen molar-refractivity contribution in [3.8, 4) is 0 Å². The maximum absolute atomic E-state index is 11.9. The molecular formula is C17H16ClNO2. The lowest BCUT2D eigenvalue weighted by atomic mass is 9.93. The number of hydrogen-bond acceptors (Lipinski definition) is 2. The molecule has 1 aliphatic rings. The Kier molecular flexibility index (Phi) is 3.70. The lowest BCUT2D eigenvalue weighted by Gasteiger charge is -2.15. The molecule has 2 aromatic rings. The van der Waals surface area contributed by atoms with Crippen LogP contribution in [0.1, 0.15) is 42.1 Å². The highest BCUT2D eigenvalue weighted by Crippen LogP contribution is 2.41. The number of carbonyl (C=O) groups is 1. The maximum atomic E-state index is 11.9. The van der Waals surface area contributed by atoms with Crippen molar-refractivity contribution < 1.29 is 9.90 Å². The number of aliphatic hydroxyl groups is 1. The molecule has 2 N–H and O–H groups in total. The van der Waals surface area contributed by atoms with Crippen molar-refractivity contribution in [3.63, 3.8) is 0 Å². The van der Waals surface area contributed by atoms with E-state index < -0.39 is 6.10 Å². The third-order valence-electron chi connectivity index (χ3n) is 3.92. The molecule has 2 unspecified atom stereocenters. The Balaban J connectivity index is 2.05. The van der Waals surface area contributed by atoms with Gasteiger partial charge >= 0.3 is 0 Å². The summed E-state index contributed by atoms with van der Waals surface area (Å²) >= 11 is 6.27. The van der Waals surface area contributed by atoms with Crippen LogP contribution >= 0.6 is 11.6 Å². The third kappa shape index (κ3) is 2.43. The second-order valence-electron chi connectivity index (χ2n) is 5.23. The van der Waals surface area contributed by atoms with Gasteiger partial charge in [-0.15, -0.1) is 0 Å². The van der Waals surface area contributed by atoms with E-state index in [4.69, 9.17) is 11.6 Å². The van der Waals surface area contributed by atoms with Gasteiger partial charge in [0.15, 0.2) is 0 Å². The minimum Gasteiger partial charge on any atom is -0.384 e. The average molecular weight is 302 g/mol. The number of anilines is 1. The van der Waals surface area contributed by atoms with E-state index in [-0.39, 0.29) is 11.8 Å².